The van der Waals surface area contributed by atoms with Crippen LogP contribution in [0.1, 0.15) is 84.3 Å². The van der Waals surface area contributed by atoms with Gasteiger partial charge < -0.3 is 10.2 Å². The van der Waals surface area contributed by atoms with E-state index in [-0.39, 0.29) is 51.0 Å². The van der Waals surface area contributed by atoms with Gasteiger partial charge in [0.1, 0.15) is 12.1 Å². The summed E-state index contributed by atoms with van der Waals surface area (Å²) in [7, 11) is 0. The molecule has 0 aromatic heterocycles. The number of ketones is 2. The van der Waals surface area contributed by atoms with E-state index in [1.807, 2.05) is 41.5 Å². The summed E-state index contributed by atoms with van der Waals surface area (Å²) in [5.41, 5.74) is 7.95. The molecule has 0 saturated heterocycles. The van der Waals surface area contributed by atoms with E-state index in [0.717, 1.165) is 44.5 Å². The Balaban J connectivity index is 0.00000760. The van der Waals surface area contributed by atoms with Gasteiger partial charge in [-0.1, -0.05) is 49.2 Å². The molecule has 2 aromatic carbocycles. The predicted octanol–water partition coefficient (Wildman–Crippen LogP) is 4.91. The molecule has 6 nitrogen and oxygen atoms in total. The van der Waals surface area contributed by atoms with Gasteiger partial charge in [0.05, 0.1) is 0 Å². The van der Waals surface area contributed by atoms with Crippen LogP contribution in [0.2, 0.25) is 0 Å². The molecule has 0 amide bonds. The minimum Gasteiger partial charge on any atom is -0.875 e. The first-order valence-electron chi connectivity index (χ1n) is 12.6. The number of carbonyl (C=O) groups is 2. The molecule has 209 valence electrons. The Morgan fingerprint density at radius 3 is 1.08 bits per heavy atom. The van der Waals surface area contributed by atoms with Crippen LogP contribution in [-0.4, -0.2) is 24.0 Å². The molecule has 39 heavy (non-hydrogen) atoms. The van der Waals surface area contributed by atoms with Crippen molar-refractivity contribution in [3.05, 3.63) is 91.4 Å². The third kappa shape index (κ3) is 8.34. The number of aliphatic imine (C=N–C) groups is 2. The third-order valence-corrected chi connectivity index (χ3v) is 6.61. The standard InChI is InChI=1S/C32H40N2O4.Co/c1-17-11-19(3)29(20(4)12-17)31(33-15-27(23(7)35)24(8)36)32(34-16-28(25(9)37)26(10)38)30-21(5)13-18(2)14-22(30)6;/h11-16,31-32,35,37H,1-10H3;/q;+2/p-2/b27-23+,28-25+,33-15?,34-16?;. The molecule has 0 aliphatic rings. The van der Waals surface area contributed by atoms with Crippen molar-refractivity contribution in [2.45, 2.75) is 81.3 Å². The maximum Gasteiger partial charge on any atom is 2.00 e. The first-order valence-corrected chi connectivity index (χ1v) is 12.6. The van der Waals surface area contributed by atoms with Crippen molar-refractivity contribution in [3.63, 3.8) is 0 Å². The second-order valence-electron chi connectivity index (χ2n) is 10.1. The topological polar surface area (TPSA) is 105 Å². The zero-order valence-corrected chi connectivity index (χ0v) is 25.5. The number of rotatable bonds is 9. The number of aryl methyl sites for hydroxylation is 6. The van der Waals surface area contributed by atoms with Crippen LogP contribution in [0.3, 0.4) is 0 Å². The minimum absolute atomic E-state index is 0. The molecular weight excluding hydrogens is 535 g/mol. The van der Waals surface area contributed by atoms with Crippen LogP contribution in [-0.2, 0) is 26.4 Å². The summed E-state index contributed by atoms with van der Waals surface area (Å²) in [6.45, 7) is 17.4. The van der Waals surface area contributed by atoms with Crippen molar-refractivity contribution in [2.75, 3.05) is 0 Å². The molecule has 0 aliphatic heterocycles. The van der Waals surface area contributed by atoms with Crippen LogP contribution in [0.5, 0.6) is 0 Å². The van der Waals surface area contributed by atoms with Gasteiger partial charge in [0, 0.05) is 23.6 Å². The summed E-state index contributed by atoms with van der Waals surface area (Å²) < 4.78 is 0. The van der Waals surface area contributed by atoms with Gasteiger partial charge in [-0.2, -0.15) is 0 Å². The summed E-state index contributed by atoms with van der Waals surface area (Å²) in [6, 6.07) is 6.96. The molecule has 0 fully saturated rings. The monoisotopic (exact) mass is 573 g/mol. The molecule has 2 rings (SSSR count). The molecule has 0 saturated carbocycles. The molecule has 7 heteroatoms. The van der Waals surface area contributed by atoms with E-state index in [9.17, 15) is 19.8 Å². The summed E-state index contributed by atoms with van der Waals surface area (Å²) >= 11 is 0. The molecule has 2 aromatic rings. The number of hydrogen-bond acceptors (Lipinski definition) is 6. The largest absolute Gasteiger partial charge is 2.00 e. The second-order valence-corrected chi connectivity index (χ2v) is 10.1. The number of hydrogen-bond donors (Lipinski definition) is 0. The first kappa shape index (κ1) is 33.7. The SMILES string of the molecule is CC(=O)/C(C=NC(c1c(C)cc(C)cc1C)C(N=C/C(C(C)=O)=C(/C)[O-])c1c(C)cc(C)cc1C)=C(\C)[O-].[Co+2]. The van der Waals surface area contributed by atoms with Crippen molar-refractivity contribution in [1.82, 2.24) is 0 Å². The molecule has 0 spiro atoms. The van der Waals surface area contributed by atoms with Gasteiger partial charge in [0.2, 0.25) is 0 Å². The van der Waals surface area contributed by atoms with E-state index in [4.69, 9.17) is 9.98 Å². The van der Waals surface area contributed by atoms with Crippen molar-refractivity contribution in [3.8, 4) is 0 Å². The van der Waals surface area contributed by atoms with Gasteiger partial charge in [-0.15, -0.1) is 11.5 Å². The number of Topliss-reactive ketones (excluding diaryl/α,β-unsaturated/α-hetero) is 2. The van der Waals surface area contributed by atoms with Crippen LogP contribution in [0.4, 0.5) is 0 Å². The fourth-order valence-electron chi connectivity index (χ4n) is 5.11. The van der Waals surface area contributed by atoms with Crippen molar-refractivity contribution in [2.24, 2.45) is 9.98 Å². The van der Waals surface area contributed by atoms with Crippen molar-refractivity contribution in [1.29, 1.82) is 0 Å². The van der Waals surface area contributed by atoms with Crippen LogP contribution in [0.25, 0.3) is 0 Å². The molecule has 0 heterocycles. The van der Waals surface area contributed by atoms with Crippen LogP contribution < -0.4 is 10.2 Å². The summed E-state index contributed by atoms with van der Waals surface area (Å²) in [6.07, 6.45) is 2.69. The molecule has 0 aliphatic carbocycles. The van der Waals surface area contributed by atoms with Gasteiger partial charge in [-0.25, -0.2) is 0 Å². The van der Waals surface area contributed by atoms with E-state index in [2.05, 4.69) is 24.3 Å². The van der Waals surface area contributed by atoms with E-state index in [1.54, 1.807) is 0 Å². The van der Waals surface area contributed by atoms with Crippen molar-refractivity contribution >= 4 is 24.0 Å². The van der Waals surface area contributed by atoms with Crippen molar-refractivity contribution < 1.29 is 36.6 Å². The van der Waals surface area contributed by atoms with Crippen LogP contribution in [0.15, 0.2) is 56.9 Å². The Hall–Kier alpha value is -3.29. The molecular formula is C32H38CoN2O4. The van der Waals surface area contributed by atoms with E-state index in [0.29, 0.717) is 0 Å². The summed E-state index contributed by atoms with van der Waals surface area (Å²) in [5, 5.41) is 24.4. The number of benzene rings is 2. The van der Waals surface area contributed by atoms with Gasteiger partial charge in [0.25, 0.3) is 0 Å². The number of allylic oxidation sites excluding steroid dienone is 4. The summed E-state index contributed by atoms with van der Waals surface area (Å²) in [4.78, 5) is 34.1. The zero-order valence-electron chi connectivity index (χ0n) is 24.5. The second kappa shape index (κ2) is 14.2. The van der Waals surface area contributed by atoms with Crippen LogP contribution >= 0.6 is 0 Å². The van der Waals surface area contributed by atoms with Gasteiger partial charge in [-0.05, 0) is 88.8 Å². The first-order chi connectivity index (χ1) is 17.6. The van der Waals surface area contributed by atoms with E-state index < -0.39 is 12.1 Å². The number of nitrogens with zero attached hydrogens (tertiary/aromatic N) is 2. The Morgan fingerprint density at radius 2 is 0.872 bits per heavy atom. The fourth-order valence-corrected chi connectivity index (χ4v) is 5.11. The fraction of sp³-hybridized carbons (Fsp3) is 0.375. The van der Waals surface area contributed by atoms with Gasteiger partial charge in [0.15, 0.2) is 11.6 Å². The normalized spacial score (nSPS) is 14.5. The minimum atomic E-state index is -0.638. The third-order valence-electron chi connectivity index (χ3n) is 6.61. The molecule has 2 unspecified atom stereocenters. The maximum absolute atomic E-state index is 12.2. The number of carbonyl (C=O) groups excluding carboxylic acids is 2. The molecule has 1 radical (unpaired) electrons. The van der Waals surface area contributed by atoms with Gasteiger partial charge in [-0.3, -0.25) is 19.6 Å². The van der Waals surface area contributed by atoms with Crippen LogP contribution in [0, 0.1) is 41.5 Å². The smallest absolute Gasteiger partial charge is 0.875 e. The maximum atomic E-state index is 12.2. The average molecular weight is 574 g/mol. The Labute approximate surface area is 242 Å². The molecule has 2 atom stereocenters. The average Bonchev–Trinajstić information content (AvgIpc) is 2.74. The van der Waals surface area contributed by atoms with E-state index in [1.165, 1.54) is 40.1 Å². The zero-order chi connectivity index (χ0) is 28.9. The Kier molecular flexibility index (Phi) is 12.3. The predicted molar refractivity (Wildman–Crippen MR) is 151 cm³/mol. The van der Waals surface area contributed by atoms with Gasteiger partial charge >= 0.3 is 16.8 Å². The summed E-state index contributed by atoms with van der Waals surface area (Å²) in [5.74, 6) is -1.49. The Bertz CT molecular complexity index is 1220. The molecule has 0 N–H and O–H groups in total. The molecule has 0 bridgehead atoms. The Morgan fingerprint density at radius 1 is 0.615 bits per heavy atom. The van der Waals surface area contributed by atoms with E-state index >= 15 is 0 Å². The quantitative estimate of drug-likeness (QED) is 0.242.